The maximum atomic E-state index is 12.7. The number of benzene rings is 2. The second-order valence-corrected chi connectivity index (χ2v) is 8.55. The molecule has 1 amide bonds. The van der Waals surface area contributed by atoms with Gasteiger partial charge in [0.05, 0.1) is 10.7 Å². The Morgan fingerprint density at radius 3 is 2.53 bits per heavy atom. The van der Waals surface area contributed by atoms with E-state index in [1.807, 2.05) is 62.4 Å². The maximum absolute atomic E-state index is 12.7. The molecule has 0 fully saturated rings. The first-order valence-corrected chi connectivity index (χ1v) is 11.1. The van der Waals surface area contributed by atoms with E-state index in [1.54, 1.807) is 10.7 Å². The number of nitriles is 1. The van der Waals surface area contributed by atoms with Crippen molar-refractivity contribution < 1.29 is 14.3 Å². The number of nitrogens with one attached hydrogen (secondary N) is 1. The molecule has 0 radical (unpaired) electrons. The second kappa shape index (κ2) is 10.6. The number of methoxy groups -OCH3 is 1. The molecule has 3 rings (SSSR count). The van der Waals surface area contributed by atoms with Crippen LogP contribution in [-0.2, 0) is 11.4 Å². The highest BCUT2D eigenvalue weighted by atomic mass is 127. The van der Waals surface area contributed by atoms with Crippen molar-refractivity contribution in [3.63, 3.8) is 0 Å². The van der Waals surface area contributed by atoms with E-state index in [0.29, 0.717) is 22.1 Å². The molecular weight excluding hydrogens is 541 g/mol. The summed E-state index contributed by atoms with van der Waals surface area (Å²) in [5, 5.41) is 10.2. The van der Waals surface area contributed by atoms with Gasteiger partial charge >= 0.3 is 0 Å². The minimum absolute atomic E-state index is 0.0277. The number of ether oxygens (including phenoxy) is 2. The number of nitrogens with zero attached hydrogens (tertiary/aromatic N) is 2. The molecule has 2 aromatic carbocycles. The summed E-state index contributed by atoms with van der Waals surface area (Å²) in [7, 11) is 1.54. The van der Waals surface area contributed by atoms with Crippen LogP contribution in [0.3, 0.4) is 0 Å². The number of rotatable bonds is 7. The molecule has 0 aliphatic heterocycles. The zero-order chi connectivity index (χ0) is 23.3. The molecular formula is C24H21ClIN3O3. The van der Waals surface area contributed by atoms with E-state index < -0.39 is 5.91 Å². The number of carbonyl (C=O) groups excluding carboxylic acids is 1. The molecule has 0 saturated heterocycles. The van der Waals surface area contributed by atoms with Crippen LogP contribution in [0, 0.1) is 28.7 Å². The van der Waals surface area contributed by atoms with Gasteiger partial charge in [0, 0.05) is 22.0 Å². The third-order valence-corrected chi connectivity index (χ3v) is 5.91. The number of hydrogen-bond acceptors (Lipinski definition) is 4. The quantitative estimate of drug-likeness (QED) is 0.231. The van der Waals surface area contributed by atoms with E-state index in [4.69, 9.17) is 21.1 Å². The Labute approximate surface area is 205 Å². The Hall–Kier alpha value is -2.96. The molecule has 6 nitrogen and oxygen atoms in total. The van der Waals surface area contributed by atoms with Gasteiger partial charge in [-0.1, -0.05) is 29.8 Å². The van der Waals surface area contributed by atoms with Crippen molar-refractivity contribution in [1.29, 1.82) is 5.26 Å². The predicted octanol–water partition coefficient (Wildman–Crippen LogP) is 5.63. The third kappa shape index (κ3) is 5.44. The fourth-order valence-electron chi connectivity index (χ4n) is 3.05. The van der Waals surface area contributed by atoms with Gasteiger partial charge in [-0.05, 0) is 78.4 Å². The molecule has 0 aliphatic carbocycles. The van der Waals surface area contributed by atoms with Gasteiger partial charge in [-0.25, -0.2) is 0 Å². The number of aryl methyl sites for hydroxylation is 2. The van der Waals surface area contributed by atoms with Crippen molar-refractivity contribution in [3.8, 4) is 17.6 Å². The van der Waals surface area contributed by atoms with E-state index >= 15 is 0 Å². The molecule has 0 spiro atoms. The molecule has 0 unspecified atom stereocenters. The smallest absolute Gasteiger partial charge is 0.280 e. The van der Waals surface area contributed by atoms with Crippen LogP contribution in [0.5, 0.6) is 11.5 Å². The van der Waals surface area contributed by atoms with Gasteiger partial charge in [0.1, 0.15) is 18.2 Å². The normalized spacial score (nSPS) is 11.1. The summed E-state index contributed by atoms with van der Waals surface area (Å²) in [6.45, 7) is 4.03. The Morgan fingerprint density at radius 1 is 1.22 bits per heavy atom. The number of carbonyl (C=O) groups is 1. The molecule has 0 saturated carbocycles. The van der Waals surface area contributed by atoms with Gasteiger partial charge in [0.2, 0.25) is 0 Å². The number of amides is 1. The maximum Gasteiger partial charge on any atom is 0.280 e. The van der Waals surface area contributed by atoms with Crippen LogP contribution in [0.1, 0.15) is 22.5 Å². The highest BCUT2D eigenvalue weighted by Crippen LogP contribution is 2.35. The highest BCUT2D eigenvalue weighted by molar-refractivity contribution is 14.1. The van der Waals surface area contributed by atoms with Crippen LogP contribution in [-0.4, -0.2) is 17.7 Å². The first kappa shape index (κ1) is 23.7. The van der Waals surface area contributed by atoms with Gasteiger partial charge in [0.25, 0.3) is 5.91 Å². The van der Waals surface area contributed by atoms with E-state index in [-0.39, 0.29) is 12.2 Å². The molecule has 1 aromatic heterocycles. The van der Waals surface area contributed by atoms with Crippen molar-refractivity contribution in [3.05, 3.63) is 85.2 Å². The second-order valence-electron chi connectivity index (χ2n) is 6.98. The summed E-state index contributed by atoms with van der Waals surface area (Å²) in [5.41, 5.74) is 5.95. The van der Waals surface area contributed by atoms with E-state index in [9.17, 15) is 10.1 Å². The number of halogens is 2. The topological polar surface area (TPSA) is 76.3 Å². The molecule has 32 heavy (non-hydrogen) atoms. The van der Waals surface area contributed by atoms with Crippen LogP contribution in [0.15, 0.2) is 54.1 Å². The fraction of sp³-hybridized carbons (Fsp3) is 0.167. The highest BCUT2D eigenvalue weighted by Gasteiger charge is 2.15. The lowest BCUT2D eigenvalue weighted by Crippen LogP contribution is -2.25. The molecule has 0 aliphatic rings. The van der Waals surface area contributed by atoms with Crippen LogP contribution in [0.4, 0.5) is 0 Å². The minimum atomic E-state index is -0.497. The first-order valence-electron chi connectivity index (χ1n) is 9.66. The van der Waals surface area contributed by atoms with Crippen molar-refractivity contribution in [2.45, 2.75) is 20.5 Å². The molecule has 1 heterocycles. The van der Waals surface area contributed by atoms with Gasteiger partial charge < -0.3 is 9.47 Å². The molecule has 0 atom stereocenters. The van der Waals surface area contributed by atoms with Crippen LogP contribution in [0.25, 0.3) is 6.08 Å². The average Bonchev–Trinajstić information content (AvgIpc) is 3.09. The summed E-state index contributed by atoms with van der Waals surface area (Å²) in [6.07, 6.45) is 1.52. The van der Waals surface area contributed by atoms with Crippen molar-refractivity contribution in [2.24, 2.45) is 0 Å². The Balaban J connectivity index is 1.85. The number of aromatic nitrogens is 1. The molecule has 8 heteroatoms. The van der Waals surface area contributed by atoms with Crippen molar-refractivity contribution in [2.75, 3.05) is 12.5 Å². The largest absolute Gasteiger partial charge is 0.493 e. The SMILES string of the molecule is COc1cc(/C=C(/C#N)C(=O)Nn2c(C)ccc2C)cc(I)c1OCc1ccccc1Cl. The van der Waals surface area contributed by atoms with Crippen LogP contribution in [0.2, 0.25) is 5.02 Å². The monoisotopic (exact) mass is 561 g/mol. The van der Waals surface area contributed by atoms with Crippen LogP contribution >= 0.6 is 34.2 Å². The Bertz CT molecular complexity index is 1210. The van der Waals surface area contributed by atoms with E-state index in [1.165, 1.54) is 13.2 Å². The zero-order valence-electron chi connectivity index (χ0n) is 17.8. The summed E-state index contributed by atoms with van der Waals surface area (Å²) >= 11 is 8.35. The van der Waals surface area contributed by atoms with Gasteiger partial charge in [-0.15, -0.1) is 0 Å². The number of hydrogen-bond donors (Lipinski definition) is 1. The van der Waals surface area contributed by atoms with E-state index in [2.05, 4.69) is 28.0 Å². The first-order chi connectivity index (χ1) is 15.3. The molecule has 1 N–H and O–H groups in total. The lowest BCUT2D eigenvalue weighted by molar-refractivity contribution is -0.113. The predicted molar refractivity (Wildman–Crippen MR) is 133 cm³/mol. The van der Waals surface area contributed by atoms with E-state index in [0.717, 1.165) is 20.5 Å². The Morgan fingerprint density at radius 2 is 1.91 bits per heavy atom. The summed E-state index contributed by atoms with van der Waals surface area (Å²) < 4.78 is 13.9. The fourth-order valence-corrected chi connectivity index (χ4v) is 4.02. The lowest BCUT2D eigenvalue weighted by atomic mass is 10.1. The third-order valence-electron chi connectivity index (χ3n) is 4.74. The lowest BCUT2D eigenvalue weighted by Gasteiger charge is -2.14. The summed E-state index contributed by atoms with van der Waals surface area (Å²) in [4.78, 5) is 12.7. The summed E-state index contributed by atoms with van der Waals surface area (Å²) in [5.74, 6) is 0.555. The van der Waals surface area contributed by atoms with Gasteiger partial charge in [0.15, 0.2) is 11.5 Å². The van der Waals surface area contributed by atoms with Crippen molar-refractivity contribution >= 4 is 46.2 Å². The minimum Gasteiger partial charge on any atom is -0.493 e. The Kier molecular flexibility index (Phi) is 7.83. The standard InChI is InChI=1S/C24H21ClIN3O3/c1-15-8-9-16(2)29(15)28-24(30)19(13-27)10-17-11-21(26)23(22(12-17)31-3)32-14-18-6-4-5-7-20(18)25/h4-12H,14H2,1-3H3,(H,28,30)/b19-10-. The van der Waals surface area contributed by atoms with Gasteiger partial charge in [-0.2, -0.15) is 5.26 Å². The van der Waals surface area contributed by atoms with Crippen molar-refractivity contribution in [1.82, 2.24) is 4.68 Å². The molecule has 164 valence electrons. The molecule has 0 bridgehead atoms. The molecule has 3 aromatic rings. The van der Waals surface area contributed by atoms with Crippen LogP contribution < -0.4 is 14.9 Å². The van der Waals surface area contributed by atoms with Gasteiger partial charge in [-0.3, -0.25) is 14.9 Å². The average molecular weight is 562 g/mol. The summed E-state index contributed by atoms with van der Waals surface area (Å²) in [6, 6.07) is 16.8. The zero-order valence-corrected chi connectivity index (χ0v) is 20.7.